The molecule has 21 heavy (non-hydrogen) atoms. The summed E-state index contributed by atoms with van der Waals surface area (Å²) in [5, 5.41) is 12.4. The first-order valence-corrected chi connectivity index (χ1v) is 7.81. The zero-order valence-electron chi connectivity index (χ0n) is 12.1. The summed E-state index contributed by atoms with van der Waals surface area (Å²) < 4.78 is 0. The smallest absolute Gasteiger partial charge is 0.339 e. The second-order valence-corrected chi connectivity index (χ2v) is 6.40. The summed E-state index contributed by atoms with van der Waals surface area (Å²) in [6.07, 6.45) is 2.92. The molecule has 0 radical (unpaired) electrons. The van der Waals surface area contributed by atoms with Crippen molar-refractivity contribution in [3.05, 3.63) is 39.0 Å². The van der Waals surface area contributed by atoms with E-state index in [0.29, 0.717) is 12.4 Å². The van der Waals surface area contributed by atoms with E-state index in [-0.39, 0.29) is 5.56 Å². The van der Waals surface area contributed by atoms with Gasteiger partial charge in [0.1, 0.15) is 11.4 Å². The van der Waals surface area contributed by atoms with Crippen LogP contribution in [0.3, 0.4) is 0 Å². The van der Waals surface area contributed by atoms with E-state index in [1.54, 1.807) is 17.4 Å². The fourth-order valence-electron chi connectivity index (χ4n) is 2.71. The third-order valence-corrected chi connectivity index (χ3v) is 4.51. The Morgan fingerprint density at radius 2 is 2.24 bits per heavy atom. The number of hydrogen-bond donors (Lipinski definition) is 1. The van der Waals surface area contributed by atoms with E-state index in [4.69, 9.17) is 0 Å². The number of aromatic carboxylic acids is 1. The lowest BCUT2D eigenvalue weighted by molar-refractivity contribution is 0.0697. The molecule has 0 saturated heterocycles. The van der Waals surface area contributed by atoms with Crippen molar-refractivity contribution < 1.29 is 9.90 Å². The fraction of sp³-hybridized carbons (Fsp3) is 0.400. The number of thiazole rings is 1. The maximum atomic E-state index is 11.5. The molecule has 2 heterocycles. The molecule has 2 aromatic heterocycles. The molecule has 0 aliphatic heterocycles. The zero-order chi connectivity index (χ0) is 15.0. The molecule has 0 unspecified atom stereocenters. The summed E-state index contributed by atoms with van der Waals surface area (Å²) in [6, 6.07) is 1.79. The number of fused-ring (bicyclic) bond motifs is 1. The Kier molecular flexibility index (Phi) is 3.63. The summed E-state index contributed by atoms with van der Waals surface area (Å²) in [4.78, 5) is 22.4. The number of rotatable bonds is 4. The molecule has 0 amide bonds. The van der Waals surface area contributed by atoms with Crippen LogP contribution in [0.15, 0.2) is 11.4 Å². The normalized spacial score (nSPS) is 13.2. The first-order valence-electron chi connectivity index (χ1n) is 6.93. The molecule has 2 aromatic rings. The van der Waals surface area contributed by atoms with Gasteiger partial charge in [0.25, 0.3) is 0 Å². The summed E-state index contributed by atoms with van der Waals surface area (Å²) >= 11 is 1.60. The number of aromatic nitrogens is 2. The maximum Gasteiger partial charge on any atom is 0.339 e. The summed E-state index contributed by atoms with van der Waals surface area (Å²) in [5.41, 5.74) is 3.34. The van der Waals surface area contributed by atoms with Crippen LogP contribution < -0.4 is 4.90 Å². The van der Waals surface area contributed by atoms with Gasteiger partial charge in [0.2, 0.25) is 0 Å². The van der Waals surface area contributed by atoms with Gasteiger partial charge in [-0.25, -0.2) is 14.8 Å². The van der Waals surface area contributed by atoms with Gasteiger partial charge in [-0.1, -0.05) is 0 Å². The molecule has 6 heteroatoms. The van der Waals surface area contributed by atoms with Crippen molar-refractivity contribution in [1.82, 2.24) is 9.97 Å². The highest BCUT2D eigenvalue weighted by Crippen LogP contribution is 2.27. The van der Waals surface area contributed by atoms with E-state index in [1.807, 2.05) is 24.3 Å². The molecule has 0 bridgehead atoms. The van der Waals surface area contributed by atoms with Gasteiger partial charge < -0.3 is 10.0 Å². The highest BCUT2D eigenvalue weighted by atomic mass is 32.1. The highest BCUT2D eigenvalue weighted by Gasteiger charge is 2.22. The van der Waals surface area contributed by atoms with Crippen molar-refractivity contribution >= 4 is 23.1 Å². The highest BCUT2D eigenvalue weighted by molar-refractivity contribution is 7.09. The van der Waals surface area contributed by atoms with Gasteiger partial charge in [-0.05, 0) is 37.8 Å². The van der Waals surface area contributed by atoms with Crippen LogP contribution in [0.5, 0.6) is 0 Å². The van der Waals surface area contributed by atoms with Gasteiger partial charge >= 0.3 is 5.97 Å². The lowest BCUT2D eigenvalue weighted by Crippen LogP contribution is -2.22. The Morgan fingerprint density at radius 1 is 1.43 bits per heavy atom. The predicted octanol–water partition coefficient (Wildman–Crippen LogP) is 2.67. The molecule has 0 spiro atoms. The first-order chi connectivity index (χ1) is 10.0. The number of carbonyl (C=O) groups is 1. The molecule has 1 aliphatic carbocycles. The van der Waals surface area contributed by atoms with Gasteiger partial charge in [0.05, 0.1) is 17.2 Å². The average Bonchev–Trinajstić information content (AvgIpc) is 3.05. The molecule has 0 aromatic carbocycles. The van der Waals surface area contributed by atoms with Crippen LogP contribution in [0.2, 0.25) is 0 Å². The van der Waals surface area contributed by atoms with Crippen molar-refractivity contribution in [2.45, 2.75) is 32.7 Å². The van der Waals surface area contributed by atoms with Crippen molar-refractivity contribution in [3.8, 4) is 0 Å². The minimum Gasteiger partial charge on any atom is -0.478 e. The molecule has 1 aliphatic rings. The maximum absolute atomic E-state index is 11.5. The van der Waals surface area contributed by atoms with E-state index in [1.165, 1.54) is 0 Å². The van der Waals surface area contributed by atoms with Gasteiger partial charge in [-0.2, -0.15) is 0 Å². The Labute approximate surface area is 127 Å². The van der Waals surface area contributed by atoms with Gasteiger partial charge in [0.15, 0.2) is 0 Å². The van der Waals surface area contributed by atoms with Crippen LogP contribution >= 0.6 is 11.3 Å². The first kappa shape index (κ1) is 14.0. The van der Waals surface area contributed by atoms with Crippen LogP contribution in [0.1, 0.15) is 38.7 Å². The molecule has 110 valence electrons. The van der Waals surface area contributed by atoms with E-state index in [9.17, 15) is 9.90 Å². The third kappa shape index (κ3) is 2.76. The average molecular weight is 303 g/mol. The van der Waals surface area contributed by atoms with Gasteiger partial charge in [-0.3, -0.25) is 0 Å². The van der Waals surface area contributed by atoms with Gasteiger partial charge in [0, 0.05) is 18.1 Å². The molecular weight excluding hydrogens is 286 g/mol. The molecule has 0 saturated carbocycles. The lowest BCUT2D eigenvalue weighted by atomic mass is 10.1. The van der Waals surface area contributed by atoms with Crippen molar-refractivity contribution in [2.75, 3.05) is 11.9 Å². The summed E-state index contributed by atoms with van der Waals surface area (Å²) in [5.74, 6) is -0.387. The van der Waals surface area contributed by atoms with E-state index in [2.05, 4.69) is 9.97 Å². The number of pyridine rings is 1. The second-order valence-electron chi connectivity index (χ2n) is 5.34. The number of carboxylic acid groups (broad SMARTS) is 1. The van der Waals surface area contributed by atoms with E-state index >= 15 is 0 Å². The number of hydrogen-bond acceptors (Lipinski definition) is 5. The number of anilines is 1. The monoisotopic (exact) mass is 303 g/mol. The Hall–Kier alpha value is -1.95. The molecule has 5 nitrogen and oxygen atoms in total. The predicted molar refractivity (Wildman–Crippen MR) is 82.2 cm³/mol. The Bertz CT molecular complexity index is 696. The second kappa shape index (κ2) is 5.44. The summed E-state index contributed by atoms with van der Waals surface area (Å²) in [7, 11) is 1.87. The van der Waals surface area contributed by atoms with Crippen molar-refractivity contribution in [2.24, 2.45) is 0 Å². The standard InChI is InChI=1S/C15H17N3O2S/c1-9-16-11(8-21-9)7-18(2)14-12(15(19)20)6-10-4-3-5-13(10)17-14/h6,8H,3-5,7H2,1-2H3,(H,19,20). The van der Waals surface area contributed by atoms with Crippen LogP contribution in [0.25, 0.3) is 0 Å². The molecule has 3 rings (SSSR count). The topological polar surface area (TPSA) is 66.3 Å². The summed E-state index contributed by atoms with van der Waals surface area (Å²) in [6.45, 7) is 2.53. The molecule has 1 N–H and O–H groups in total. The Balaban J connectivity index is 1.94. The van der Waals surface area contributed by atoms with Crippen LogP contribution in [0.4, 0.5) is 5.82 Å². The molecule has 0 fully saturated rings. The lowest BCUT2D eigenvalue weighted by Gasteiger charge is -2.20. The zero-order valence-corrected chi connectivity index (χ0v) is 12.9. The SMILES string of the molecule is Cc1nc(CN(C)c2nc3c(cc2C(=O)O)CCC3)cs1. The molecule has 0 atom stereocenters. The van der Waals surface area contributed by atoms with Crippen LogP contribution in [0, 0.1) is 6.92 Å². The van der Waals surface area contributed by atoms with Crippen LogP contribution in [-0.4, -0.2) is 28.1 Å². The minimum absolute atomic E-state index is 0.283. The third-order valence-electron chi connectivity index (χ3n) is 3.69. The largest absolute Gasteiger partial charge is 0.478 e. The van der Waals surface area contributed by atoms with E-state index in [0.717, 1.165) is 41.2 Å². The van der Waals surface area contributed by atoms with Gasteiger partial charge in [-0.15, -0.1) is 11.3 Å². The fourth-order valence-corrected chi connectivity index (χ4v) is 3.31. The molecular formula is C15H17N3O2S. The van der Waals surface area contributed by atoms with E-state index < -0.39 is 5.97 Å². The van der Waals surface area contributed by atoms with Crippen molar-refractivity contribution in [1.29, 1.82) is 0 Å². The number of carboxylic acids is 1. The van der Waals surface area contributed by atoms with Crippen LogP contribution in [-0.2, 0) is 19.4 Å². The number of nitrogens with zero attached hydrogens (tertiary/aromatic N) is 3. The minimum atomic E-state index is -0.923. The Morgan fingerprint density at radius 3 is 2.90 bits per heavy atom. The quantitative estimate of drug-likeness (QED) is 0.940. The van der Waals surface area contributed by atoms with Crippen molar-refractivity contribution in [3.63, 3.8) is 0 Å². The number of aryl methyl sites for hydroxylation is 3.